The van der Waals surface area contributed by atoms with Crippen molar-refractivity contribution >= 4 is 11.3 Å². The zero-order valence-electron chi connectivity index (χ0n) is 10.7. The molecule has 1 saturated heterocycles. The molecule has 1 aromatic heterocycles. The topological polar surface area (TPSA) is 24.5 Å². The second kappa shape index (κ2) is 6.50. The first-order valence-corrected chi connectivity index (χ1v) is 7.21. The van der Waals surface area contributed by atoms with Gasteiger partial charge in [-0.1, -0.05) is 19.9 Å². The fraction of sp³-hybridized carbons (Fsp3) is 0.692. The summed E-state index contributed by atoms with van der Waals surface area (Å²) in [6.45, 7) is 9.21. The second-order valence-corrected chi connectivity index (χ2v) is 5.87. The number of hydrogen-bond acceptors (Lipinski definition) is 4. The monoisotopic (exact) mass is 254 g/mol. The molecule has 4 heteroatoms. The van der Waals surface area contributed by atoms with Crippen LogP contribution >= 0.6 is 11.3 Å². The van der Waals surface area contributed by atoms with Gasteiger partial charge in [0.15, 0.2) is 0 Å². The van der Waals surface area contributed by atoms with E-state index in [1.807, 2.05) is 11.3 Å². The number of hydrogen-bond donors (Lipinski definition) is 1. The van der Waals surface area contributed by atoms with Crippen molar-refractivity contribution in [2.24, 2.45) is 0 Å². The van der Waals surface area contributed by atoms with Gasteiger partial charge >= 0.3 is 0 Å². The summed E-state index contributed by atoms with van der Waals surface area (Å²) in [5, 5.41) is 5.66. The predicted octanol–water partition coefficient (Wildman–Crippen LogP) is 1.95. The second-order valence-electron chi connectivity index (χ2n) is 4.84. The molecule has 0 spiro atoms. The Kier molecular flexibility index (Phi) is 4.98. The lowest BCUT2D eigenvalue weighted by molar-refractivity contribution is -0.0110. The lowest BCUT2D eigenvalue weighted by Crippen LogP contribution is -2.50. The molecule has 3 nitrogen and oxygen atoms in total. The summed E-state index contributed by atoms with van der Waals surface area (Å²) in [6, 6.07) is 5.39. The molecule has 0 bridgehead atoms. The Morgan fingerprint density at radius 3 is 3.18 bits per heavy atom. The molecule has 1 aliphatic heterocycles. The first-order valence-electron chi connectivity index (χ1n) is 6.33. The maximum Gasteiger partial charge on any atom is 0.0635 e. The molecule has 0 saturated carbocycles. The van der Waals surface area contributed by atoms with Gasteiger partial charge in [-0.05, 0) is 11.4 Å². The Balaban J connectivity index is 1.87. The Labute approximate surface area is 108 Å². The van der Waals surface area contributed by atoms with Crippen LogP contribution in [0.2, 0.25) is 0 Å². The quantitative estimate of drug-likeness (QED) is 0.869. The molecule has 0 aromatic carbocycles. The summed E-state index contributed by atoms with van der Waals surface area (Å²) in [5.41, 5.74) is 0. The molecular formula is C13H22N2OS. The average Bonchev–Trinajstić information content (AvgIpc) is 2.80. The van der Waals surface area contributed by atoms with Crippen molar-refractivity contribution < 1.29 is 4.74 Å². The molecule has 1 aromatic rings. The molecule has 1 N–H and O–H groups in total. The van der Waals surface area contributed by atoms with Crippen molar-refractivity contribution in [1.82, 2.24) is 10.2 Å². The smallest absolute Gasteiger partial charge is 0.0635 e. The summed E-state index contributed by atoms with van der Waals surface area (Å²) in [6.07, 6.45) is 0. The van der Waals surface area contributed by atoms with Gasteiger partial charge in [0, 0.05) is 36.6 Å². The van der Waals surface area contributed by atoms with Gasteiger partial charge < -0.3 is 10.1 Å². The highest BCUT2D eigenvalue weighted by Crippen LogP contribution is 2.16. The van der Waals surface area contributed by atoms with Crippen LogP contribution in [0.5, 0.6) is 0 Å². The molecule has 1 fully saturated rings. The SMILES string of the molecule is CC(C)NCC1COCCN1Cc1cccs1. The van der Waals surface area contributed by atoms with Crippen LogP contribution in [0.1, 0.15) is 18.7 Å². The minimum absolute atomic E-state index is 0.508. The van der Waals surface area contributed by atoms with E-state index in [-0.39, 0.29) is 0 Å². The highest BCUT2D eigenvalue weighted by molar-refractivity contribution is 7.09. The number of ether oxygens (including phenoxy) is 1. The van der Waals surface area contributed by atoms with E-state index in [1.54, 1.807) is 0 Å². The average molecular weight is 254 g/mol. The zero-order chi connectivity index (χ0) is 12.1. The lowest BCUT2D eigenvalue weighted by atomic mass is 10.2. The number of rotatable bonds is 5. The molecule has 0 aliphatic carbocycles. The number of morpholine rings is 1. The summed E-state index contributed by atoms with van der Waals surface area (Å²) in [4.78, 5) is 3.98. The van der Waals surface area contributed by atoms with E-state index in [9.17, 15) is 0 Å². The van der Waals surface area contributed by atoms with E-state index in [1.165, 1.54) is 4.88 Å². The third kappa shape index (κ3) is 4.07. The minimum Gasteiger partial charge on any atom is -0.378 e. The molecule has 2 rings (SSSR count). The molecule has 0 amide bonds. The van der Waals surface area contributed by atoms with E-state index in [0.717, 1.165) is 32.8 Å². The van der Waals surface area contributed by atoms with Gasteiger partial charge in [0.2, 0.25) is 0 Å². The van der Waals surface area contributed by atoms with E-state index >= 15 is 0 Å². The number of nitrogens with zero attached hydrogens (tertiary/aromatic N) is 1. The fourth-order valence-electron chi connectivity index (χ4n) is 2.06. The third-order valence-corrected chi connectivity index (χ3v) is 3.91. The zero-order valence-corrected chi connectivity index (χ0v) is 11.5. The van der Waals surface area contributed by atoms with Crippen LogP contribution in [0, 0.1) is 0 Å². The lowest BCUT2D eigenvalue weighted by Gasteiger charge is -2.35. The van der Waals surface area contributed by atoms with Crippen LogP contribution in [0.3, 0.4) is 0 Å². The van der Waals surface area contributed by atoms with Crippen LogP contribution < -0.4 is 5.32 Å². The standard InChI is InChI=1S/C13H22N2OS/c1-11(2)14-8-12-10-16-6-5-15(12)9-13-4-3-7-17-13/h3-4,7,11-12,14H,5-6,8-10H2,1-2H3. The number of thiophene rings is 1. The summed E-state index contributed by atoms with van der Waals surface area (Å²) in [5.74, 6) is 0. The molecule has 0 radical (unpaired) electrons. The number of nitrogens with one attached hydrogen (secondary N) is 1. The molecule has 17 heavy (non-hydrogen) atoms. The normalized spacial score (nSPS) is 22.2. The highest BCUT2D eigenvalue weighted by Gasteiger charge is 2.23. The molecular weight excluding hydrogens is 232 g/mol. The summed E-state index contributed by atoms with van der Waals surface area (Å²) in [7, 11) is 0. The van der Waals surface area contributed by atoms with Gasteiger partial charge in [0.25, 0.3) is 0 Å². The predicted molar refractivity (Wildman–Crippen MR) is 72.5 cm³/mol. The highest BCUT2D eigenvalue weighted by atomic mass is 32.1. The molecule has 96 valence electrons. The van der Waals surface area contributed by atoms with Gasteiger partial charge in [-0.15, -0.1) is 11.3 Å². The van der Waals surface area contributed by atoms with Crippen molar-refractivity contribution in [2.45, 2.75) is 32.5 Å². The Morgan fingerprint density at radius 1 is 1.59 bits per heavy atom. The van der Waals surface area contributed by atoms with E-state index in [4.69, 9.17) is 4.74 Å². The van der Waals surface area contributed by atoms with Crippen molar-refractivity contribution in [3.8, 4) is 0 Å². The van der Waals surface area contributed by atoms with Gasteiger partial charge in [-0.3, -0.25) is 4.90 Å². The van der Waals surface area contributed by atoms with E-state index in [0.29, 0.717) is 12.1 Å². The first kappa shape index (κ1) is 13.0. The van der Waals surface area contributed by atoms with Crippen LogP contribution in [0.15, 0.2) is 17.5 Å². The molecule has 1 atom stereocenters. The van der Waals surface area contributed by atoms with Crippen LogP contribution in [-0.4, -0.2) is 43.3 Å². The summed E-state index contributed by atoms with van der Waals surface area (Å²) < 4.78 is 5.59. The van der Waals surface area contributed by atoms with Gasteiger partial charge in [0.05, 0.1) is 13.2 Å². The Bertz CT molecular complexity index is 313. The van der Waals surface area contributed by atoms with Crippen molar-refractivity contribution in [1.29, 1.82) is 0 Å². The first-order chi connectivity index (χ1) is 8.25. The van der Waals surface area contributed by atoms with E-state index in [2.05, 4.69) is 41.6 Å². The van der Waals surface area contributed by atoms with Gasteiger partial charge in [-0.2, -0.15) is 0 Å². The van der Waals surface area contributed by atoms with Gasteiger partial charge in [0.1, 0.15) is 0 Å². The van der Waals surface area contributed by atoms with Crippen LogP contribution in [0.25, 0.3) is 0 Å². The van der Waals surface area contributed by atoms with Crippen molar-refractivity contribution in [3.05, 3.63) is 22.4 Å². The van der Waals surface area contributed by atoms with Crippen LogP contribution in [0.4, 0.5) is 0 Å². The fourth-order valence-corrected chi connectivity index (χ4v) is 2.79. The molecule has 2 heterocycles. The maximum absolute atomic E-state index is 5.59. The third-order valence-electron chi connectivity index (χ3n) is 3.05. The Hall–Kier alpha value is -0.420. The minimum atomic E-state index is 0.508. The van der Waals surface area contributed by atoms with Crippen LogP contribution in [-0.2, 0) is 11.3 Å². The van der Waals surface area contributed by atoms with Gasteiger partial charge in [-0.25, -0.2) is 0 Å². The van der Waals surface area contributed by atoms with E-state index < -0.39 is 0 Å². The molecule has 1 unspecified atom stereocenters. The maximum atomic E-state index is 5.59. The Morgan fingerprint density at radius 2 is 2.47 bits per heavy atom. The summed E-state index contributed by atoms with van der Waals surface area (Å²) >= 11 is 1.84. The van der Waals surface area contributed by atoms with Crippen molar-refractivity contribution in [3.63, 3.8) is 0 Å². The largest absolute Gasteiger partial charge is 0.378 e. The molecule has 1 aliphatic rings. The van der Waals surface area contributed by atoms with Crippen molar-refractivity contribution in [2.75, 3.05) is 26.3 Å².